The number of hydrogen-bond acceptors (Lipinski definition) is 7. The molecule has 1 aliphatic rings. The molecule has 2 heterocycles. The molecule has 0 aliphatic carbocycles. The summed E-state index contributed by atoms with van der Waals surface area (Å²) in [6.45, 7) is 1.80. The number of pyridine rings is 1. The van der Waals surface area contributed by atoms with E-state index in [1.165, 1.54) is 6.20 Å². The van der Waals surface area contributed by atoms with E-state index in [0.29, 0.717) is 30.0 Å². The lowest BCUT2D eigenvalue weighted by Gasteiger charge is -2.46. The Morgan fingerprint density at radius 1 is 1.07 bits per heavy atom. The van der Waals surface area contributed by atoms with Crippen molar-refractivity contribution in [1.82, 2.24) is 9.88 Å². The molecule has 0 saturated carbocycles. The molecular weight excluding hydrogens is 526 g/mol. The largest absolute Gasteiger partial charge is 0.515 e. The average molecular weight is 563 g/mol. The minimum absolute atomic E-state index is 0.0553. The lowest BCUT2D eigenvalue weighted by Crippen LogP contribution is -2.73. The third-order valence-corrected chi connectivity index (χ3v) is 8.02. The number of quaternary nitrogens is 1. The number of nitrogens with two attached hydrogens (primary N) is 2. The van der Waals surface area contributed by atoms with Gasteiger partial charge < -0.3 is 21.7 Å². The fourth-order valence-electron chi connectivity index (χ4n) is 5.92. The van der Waals surface area contributed by atoms with Gasteiger partial charge in [0.15, 0.2) is 0 Å². The molecule has 4 rings (SSSR count). The first-order valence-corrected chi connectivity index (χ1v) is 13.7. The van der Waals surface area contributed by atoms with Crippen molar-refractivity contribution >= 4 is 34.6 Å². The first-order chi connectivity index (χ1) is 19.6. The number of benzene rings is 2. The number of nitrogens with zero attached hydrogens (tertiary/aromatic N) is 3. The van der Waals surface area contributed by atoms with Crippen LogP contribution in [-0.4, -0.2) is 79.3 Å². The maximum atomic E-state index is 14.4. The lowest BCUT2D eigenvalue weighted by atomic mass is 9.99. The fraction of sp³-hybridized carbons (Fsp3) is 0.367. The highest BCUT2D eigenvalue weighted by molar-refractivity contribution is 6.12. The number of likely N-dealkylation sites (tertiary alicyclic amines) is 1. The van der Waals surface area contributed by atoms with Crippen LogP contribution in [0.3, 0.4) is 0 Å². The van der Waals surface area contributed by atoms with Gasteiger partial charge in [-0.2, -0.15) is 9.28 Å². The molecule has 3 unspecified atom stereocenters. The highest BCUT2D eigenvalue weighted by Gasteiger charge is 2.59. The molecule has 4 amide bonds. The predicted molar refractivity (Wildman–Crippen MR) is 151 cm³/mol. The van der Waals surface area contributed by atoms with Crippen LogP contribution in [-0.2, 0) is 16.0 Å². The molecule has 0 spiro atoms. The van der Waals surface area contributed by atoms with Crippen LogP contribution in [0.25, 0.3) is 10.8 Å². The highest BCUT2D eigenvalue weighted by Crippen LogP contribution is 2.36. The number of carbonyl (C=O) groups is 4. The normalized spacial score (nSPS) is 20.7. The molecule has 5 atom stereocenters. The van der Waals surface area contributed by atoms with E-state index in [9.17, 15) is 29.4 Å². The van der Waals surface area contributed by atoms with Crippen molar-refractivity contribution in [2.75, 3.05) is 6.54 Å². The van der Waals surface area contributed by atoms with Gasteiger partial charge in [0.05, 0.1) is 25.0 Å². The summed E-state index contributed by atoms with van der Waals surface area (Å²) in [4.78, 5) is 58.2. The first kappa shape index (κ1) is 29.8. The van der Waals surface area contributed by atoms with Gasteiger partial charge in [0.2, 0.25) is 12.1 Å². The first-order valence-electron chi connectivity index (χ1n) is 13.7. The van der Waals surface area contributed by atoms with Crippen molar-refractivity contribution in [1.29, 1.82) is 0 Å². The summed E-state index contributed by atoms with van der Waals surface area (Å²) >= 11 is 0. The number of aliphatic hydroxyl groups excluding tert-OH is 1. The van der Waals surface area contributed by atoms with Gasteiger partial charge >= 0.3 is 6.09 Å². The van der Waals surface area contributed by atoms with Crippen molar-refractivity contribution < 1.29 is 33.9 Å². The second kappa shape index (κ2) is 12.5. The fourth-order valence-corrected chi connectivity index (χ4v) is 5.92. The van der Waals surface area contributed by atoms with Crippen LogP contribution in [0.4, 0.5) is 4.79 Å². The van der Waals surface area contributed by atoms with E-state index in [-0.39, 0.29) is 18.7 Å². The van der Waals surface area contributed by atoms with Gasteiger partial charge in [-0.1, -0.05) is 54.6 Å². The van der Waals surface area contributed by atoms with Crippen molar-refractivity contribution in [3.05, 3.63) is 78.1 Å². The molecule has 0 radical (unpaired) electrons. The molecule has 1 saturated heterocycles. The molecule has 0 bridgehead atoms. The van der Waals surface area contributed by atoms with E-state index in [2.05, 4.69) is 4.98 Å². The van der Waals surface area contributed by atoms with Gasteiger partial charge in [-0.25, -0.2) is 4.90 Å². The number of carbonyl (C=O) groups excluding carboxylic acids is 3. The highest BCUT2D eigenvalue weighted by atomic mass is 16.4. The molecule has 1 aliphatic heterocycles. The summed E-state index contributed by atoms with van der Waals surface area (Å²) in [5.41, 5.74) is 12.2. The van der Waals surface area contributed by atoms with E-state index in [4.69, 9.17) is 11.5 Å². The van der Waals surface area contributed by atoms with E-state index >= 15 is 0 Å². The van der Waals surface area contributed by atoms with Crippen LogP contribution in [0.15, 0.2) is 66.9 Å². The summed E-state index contributed by atoms with van der Waals surface area (Å²) in [5, 5.41) is 23.6. The zero-order chi connectivity index (χ0) is 29.7. The van der Waals surface area contributed by atoms with Gasteiger partial charge in [-0.05, 0) is 36.8 Å². The zero-order valence-corrected chi connectivity index (χ0v) is 22.9. The number of amides is 4. The average Bonchev–Trinajstić information content (AvgIpc) is 3.35. The number of rotatable bonds is 10. The molecule has 11 nitrogen and oxygen atoms in total. The summed E-state index contributed by atoms with van der Waals surface area (Å²) in [7, 11) is 0. The number of aromatic nitrogens is 1. The summed E-state index contributed by atoms with van der Waals surface area (Å²) in [5.74, 6) is -2.78. The topological polar surface area (TPSA) is 177 Å². The second-order valence-corrected chi connectivity index (χ2v) is 10.6. The van der Waals surface area contributed by atoms with Crippen LogP contribution in [0, 0.1) is 0 Å². The number of fused-ring (bicyclic) bond motifs is 1. The number of primary amides is 1. The smallest absolute Gasteiger partial charge is 0.435 e. The Labute approximate surface area is 238 Å². The molecular formula is C30H36N5O6+. The van der Waals surface area contributed by atoms with Crippen LogP contribution >= 0.6 is 0 Å². The maximum Gasteiger partial charge on any atom is 0.515 e. The Hall–Kier alpha value is -4.19. The molecule has 2 aromatic carbocycles. The lowest BCUT2D eigenvalue weighted by molar-refractivity contribution is -0.904. The van der Waals surface area contributed by atoms with Gasteiger partial charge in [-0.15, -0.1) is 0 Å². The van der Waals surface area contributed by atoms with Crippen molar-refractivity contribution in [2.45, 2.75) is 63.4 Å². The molecule has 216 valence electrons. The summed E-state index contributed by atoms with van der Waals surface area (Å²) in [6, 6.07) is 15.9. The van der Waals surface area contributed by atoms with E-state index in [1.54, 1.807) is 37.3 Å². The number of aliphatic hydroxyl groups is 1. The molecule has 6 N–H and O–H groups in total. The second-order valence-electron chi connectivity index (χ2n) is 10.6. The number of hydrogen-bond donors (Lipinski definition) is 4. The van der Waals surface area contributed by atoms with Gasteiger partial charge in [0.25, 0.3) is 11.8 Å². The van der Waals surface area contributed by atoms with Gasteiger partial charge in [0, 0.05) is 24.4 Å². The van der Waals surface area contributed by atoms with E-state index in [0.717, 1.165) is 10.5 Å². The van der Waals surface area contributed by atoms with Crippen LogP contribution in [0.2, 0.25) is 0 Å². The third kappa shape index (κ3) is 5.97. The maximum absolute atomic E-state index is 14.4. The van der Waals surface area contributed by atoms with Crippen molar-refractivity contribution in [3.8, 4) is 0 Å². The van der Waals surface area contributed by atoms with Crippen LogP contribution in [0.5, 0.6) is 0 Å². The quantitative estimate of drug-likeness (QED) is 0.272. The predicted octanol–water partition coefficient (Wildman–Crippen LogP) is 2.40. The number of carboxylic acid groups (broad SMARTS) is 1. The monoisotopic (exact) mass is 562 g/mol. The van der Waals surface area contributed by atoms with E-state index < -0.39 is 59.1 Å². The van der Waals surface area contributed by atoms with E-state index in [1.807, 2.05) is 30.3 Å². The molecule has 3 aromatic rings. The Balaban J connectivity index is 1.89. The SMILES string of the molecule is CC1CCC[N+]1(C(=O)O)C([C@H](O)CCc1ccccc1)N(C(=O)c1nccc2ccccc12)C(=O)[C@@H](N)CC(N)=O. The molecule has 11 heteroatoms. The number of aryl methyl sites for hydroxylation is 1. The summed E-state index contributed by atoms with van der Waals surface area (Å²) < 4.78 is -0.749. The Bertz CT molecular complexity index is 1430. The molecule has 1 fully saturated rings. The van der Waals surface area contributed by atoms with Crippen LogP contribution in [0.1, 0.15) is 48.7 Å². The van der Waals surface area contributed by atoms with Crippen molar-refractivity contribution in [3.63, 3.8) is 0 Å². The third-order valence-electron chi connectivity index (χ3n) is 8.02. The Morgan fingerprint density at radius 2 is 1.76 bits per heavy atom. The minimum atomic E-state index is -1.55. The van der Waals surface area contributed by atoms with Gasteiger partial charge in [-0.3, -0.25) is 19.4 Å². The number of imide groups is 1. The standard InChI is InChI=1S/C30H35N5O6/c1-19-8-7-17-35(19,30(40)41)27(24(36)14-13-20-9-3-2-4-10-20)34(28(38)23(31)18-25(32)37)29(39)26-22-12-6-5-11-21(22)15-16-33-26/h2-6,9-12,15-16,19,23-24,27,36H,7-8,13-14,17-18,31H2,1H3,(H2-,32,37,40,41)/p+1/t19?,23-,24+,27?,35?/m0/s1. The molecule has 1 aromatic heterocycles. The Morgan fingerprint density at radius 3 is 2.39 bits per heavy atom. The molecule has 41 heavy (non-hydrogen) atoms. The van der Waals surface area contributed by atoms with Gasteiger partial charge in [0.1, 0.15) is 11.8 Å². The summed E-state index contributed by atoms with van der Waals surface area (Å²) in [6.07, 6.45) is -2.00. The van der Waals surface area contributed by atoms with Crippen molar-refractivity contribution in [2.24, 2.45) is 11.5 Å². The Kier molecular flexibility index (Phi) is 9.11. The minimum Gasteiger partial charge on any atom is -0.435 e. The van der Waals surface area contributed by atoms with Crippen LogP contribution < -0.4 is 11.5 Å². The zero-order valence-electron chi connectivity index (χ0n) is 22.9.